The summed E-state index contributed by atoms with van der Waals surface area (Å²) >= 11 is 0. The highest BCUT2D eigenvalue weighted by atomic mass is 32.2. The van der Waals surface area contributed by atoms with Crippen molar-refractivity contribution in [3.05, 3.63) is 34.4 Å². The zero-order valence-corrected chi connectivity index (χ0v) is 10.9. The van der Waals surface area contributed by atoms with Crippen LogP contribution in [0, 0.1) is 10.1 Å². The number of aliphatic hydroxyl groups excluding tert-OH is 1. The monoisotopic (exact) mass is 286 g/mol. The molecule has 0 radical (unpaired) electrons. The SMILES string of the molecule is O=[N+]([O-])c1cccc(S(=O)(=O)N2CCC[C@H]2CO)c1. The smallest absolute Gasteiger partial charge is 0.270 e. The maximum absolute atomic E-state index is 12.4. The van der Waals surface area contributed by atoms with Crippen LogP contribution >= 0.6 is 0 Å². The van der Waals surface area contributed by atoms with Crippen LogP contribution in [0.1, 0.15) is 12.8 Å². The van der Waals surface area contributed by atoms with E-state index in [0.717, 1.165) is 6.07 Å². The second kappa shape index (κ2) is 5.24. The van der Waals surface area contributed by atoms with Crippen LogP contribution in [0.5, 0.6) is 0 Å². The minimum Gasteiger partial charge on any atom is -0.395 e. The molecule has 1 fully saturated rings. The highest BCUT2D eigenvalue weighted by Gasteiger charge is 2.35. The van der Waals surface area contributed by atoms with Gasteiger partial charge in [-0.25, -0.2) is 8.42 Å². The van der Waals surface area contributed by atoms with Crippen molar-refractivity contribution in [3.63, 3.8) is 0 Å². The normalized spacial score (nSPS) is 20.6. The number of hydrogen-bond donors (Lipinski definition) is 1. The fourth-order valence-corrected chi connectivity index (χ4v) is 3.93. The molecule has 0 aromatic heterocycles. The van der Waals surface area contributed by atoms with Gasteiger partial charge in [-0.2, -0.15) is 4.31 Å². The molecule has 0 saturated carbocycles. The number of benzene rings is 1. The van der Waals surface area contributed by atoms with Crippen LogP contribution in [-0.4, -0.2) is 41.9 Å². The van der Waals surface area contributed by atoms with Crippen LogP contribution in [0.25, 0.3) is 0 Å². The molecule has 19 heavy (non-hydrogen) atoms. The molecule has 0 unspecified atom stereocenters. The molecule has 7 nitrogen and oxygen atoms in total. The second-order valence-electron chi connectivity index (χ2n) is 4.35. The van der Waals surface area contributed by atoms with Gasteiger partial charge in [-0.05, 0) is 18.9 Å². The summed E-state index contributed by atoms with van der Waals surface area (Å²) in [5.41, 5.74) is -0.263. The fraction of sp³-hybridized carbons (Fsp3) is 0.455. The Labute approximate surface area is 110 Å². The van der Waals surface area contributed by atoms with Crippen molar-refractivity contribution < 1.29 is 18.4 Å². The van der Waals surface area contributed by atoms with Crippen molar-refractivity contribution in [3.8, 4) is 0 Å². The van der Waals surface area contributed by atoms with Gasteiger partial charge in [-0.15, -0.1) is 0 Å². The quantitative estimate of drug-likeness (QED) is 0.650. The van der Waals surface area contributed by atoms with E-state index in [9.17, 15) is 23.6 Å². The molecule has 1 N–H and O–H groups in total. The van der Waals surface area contributed by atoms with Gasteiger partial charge in [0.1, 0.15) is 0 Å². The third kappa shape index (κ3) is 2.60. The van der Waals surface area contributed by atoms with Gasteiger partial charge in [0.05, 0.1) is 16.4 Å². The Morgan fingerprint density at radius 1 is 1.47 bits per heavy atom. The van der Waals surface area contributed by atoms with E-state index in [1.165, 1.54) is 22.5 Å². The van der Waals surface area contributed by atoms with Gasteiger partial charge in [-0.1, -0.05) is 6.07 Å². The summed E-state index contributed by atoms with van der Waals surface area (Å²) in [5.74, 6) is 0. The molecular formula is C11H14N2O5S. The standard InChI is InChI=1S/C11H14N2O5S/c14-8-10-4-2-6-12(10)19(17,18)11-5-1-3-9(7-11)13(15)16/h1,3,5,7,10,14H,2,4,6,8H2/t10-/m0/s1. The van der Waals surface area contributed by atoms with E-state index in [0.29, 0.717) is 19.4 Å². The number of aliphatic hydroxyl groups is 1. The topological polar surface area (TPSA) is 101 Å². The molecule has 1 saturated heterocycles. The average molecular weight is 286 g/mol. The zero-order valence-electron chi connectivity index (χ0n) is 10.1. The van der Waals surface area contributed by atoms with Crippen LogP contribution < -0.4 is 0 Å². The van der Waals surface area contributed by atoms with Gasteiger partial charge in [0.25, 0.3) is 5.69 Å². The molecule has 104 valence electrons. The van der Waals surface area contributed by atoms with E-state index in [4.69, 9.17) is 0 Å². The van der Waals surface area contributed by atoms with E-state index in [1.54, 1.807) is 0 Å². The Morgan fingerprint density at radius 2 is 2.21 bits per heavy atom. The lowest BCUT2D eigenvalue weighted by molar-refractivity contribution is -0.385. The Morgan fingerprint density at radius 3 is 2.84 bits per heavy atom. The van der Waals surface area contributed by atoms with E-state index in [-0.39, 0.29) is 17.2 Å². The number of sulfonamides is 1. The van der Waals surface area contributed by atoms with Gasteiger partial charge >= 0.3 is 0 Å². The van der Waals surface area contributed by atoms with Crippen LogP contribution in [0.4, 0.5) is 5.69 Å². The Hall–Kier alpha value is -1.51. The van der Waals surface area contributed by atoms with E-state index >= 15 is 0 Å². The minimum absolute atomic E-state index is 0.109. The predicted molar refractivity (Wildman–Crippen MR) is 67.1 cm³/mol. The lowest BCUT2D eigenvalue weighted by Crippen LogP contribution is -2.37. The molecule has 1 aliphatic rings. The lowest BCUT2D eigenvalue weighted by atomic mass is 10.2. The van der Waals surface area contributed by atoms with Gasteiger partial charge in [0, 0.05) is 24.7 Å². The summed E-state index contributed by atoms with van der Waals surface area (Å²) < 4.78 is 26.0. The molecule has 1 atom stereocenters. The molecule has 1 aromatic carbocycles. The number of nitro groups is 1. The number of hydrogen-bond acceptors (Lipinski definition) is 5. The molecule has 0 spiro atoms. The average Bonchev–Trinajstić information content (AvgIpc) is 2.88. The van der Waals surface area contributed by atoms with Crippen LogP contribution in [0.2, 0.25) is 0 Å². The Bertz CT molecular complexity index is 587. The summed E-state index contributed by atoms with van der Waals surface area (Å²) in [4.78, 5) is 9.94. The first kappa shape index (κ1) is 13.9. The molecular weight excluding hydrogens is 272 g/mol. The van der Waals surface area contributed by atoms with Crippen molar-refractivity contribution in [2.75, 3.05) is 13.2 Å². The Kier molecular flexibility index (Phi) is 3.83. The first-order valence-electron chi connectivity index (χ1n) is 5.84. The molecule has 1 aliphatic heterocycles. The highest BCUT2D eigenvalue weighted by Crippen LogP contribution is 2.27. The maximum atomic E-state index is 12.4. The third-order valence-electron chi connectivity index (χ3n) is 3.17. The summed E-state index contributed by atoms with van der Waals surface area (Å²) in [6.07, 6.45) is 1.28. The first-order valence-corrected chi connectivity index (χ1v) is 7.28. The number of nitro benzene ring substituents is 1. The highest BCUT2D eigenvalue weighted by molar-refractivity contribution is 7.89. The minimum atomic E-state index is -3.79. The summed E-state index contributed by atoms with van der Waals surface area (Å²) in [7, 11) is -3.79. The Balaban J connectivity index is 2.39. The first-order chi connectivity index (χ1) is 8.96. The third-order valence-corrected chi connectivity index (χ3v) is 5.12. The molecule has 1 aromatic rings. The van der Waals surface area contributed by atoms with Crippen molar-refractivity contribution in [1.29, 1.82) is 0 Å². The molecule has 2 rings (SSSR count). The largest absolute Gasteiger partial charge is 0.395 e. The van der Waals surface area contributed by atoms with Crippen LogP contribution in [0.15, 0.2) is 29.2 Å². The van der Waals surface area contributed by atoms with E-state index in [1.807, 2.05) is 0 Å². The molecule has 0 bridgehead atoms. The van der Waals surface area contributed by atoms with Crippen molar-refractivity contribution in [1.82, 2.24) is 4.31 Å². The fourth-order valence-electron chi connectivity index (χ4n) is 2.20. The van der Waals surface area contributed by atoms with Crippen molar-refractivity contribution in [2.24, 2.45) is 0 Å². The summed E-state index contributed by atoms with van der Waals surface area (Å²) in [6, 6.07) is 4.52. The predicted octanol–water partition coefficient (Wildman–Crippen LogP) is 0.740. The van der Waals surface area contributed by atoms with Crippen molar-refractivity contribution in [2.45, 2.75) is 23.8 Å². The van der Waals surface area contributed by atoms with Gasteiger partial charge in [0.15, 0.2) is 0 Å². The second-order valence-corrected chi connectivity index (χ2v) is 6.24. The zero-order chi connectivity index (χ0) is 14.0. The number of non-ortho nitro benzene ring substituents is 1. The molecule has 8 heteroatoms. The van der Waals surface area contributed by atoms with Crippen molar-refractivity contribution >= 4 is 15.7 Å². The van der Waals surface area contributed by atoms with Crippen LogP contribution in [-0.2, 0) is 10.0 Å². The maximum Gasteiger partial charge on any atom is 0.270 e. The summed E-state index contributed by atoms with van der Waals surface area (Å²) in [5, 5.41) is 19.9. The van der Waals surface area contributed by atoms with E-state index < -0.39 is 21.0 Å². The molecule has 1 heterocycles. The molecule has 0 amide bonds. The molecule has 0 aliphatic carbocycles. The van der Waals surface area contributed by atoms with Gasteiger partial charge in [-0.3, -0.25) is 10.1 Å². The van der Waals surface area contributed by atoms with Gasteiger partial charge < -0.3 is 5.11 Å². The number of nitrogens with zero attached hydrogens (tertiary/aromatic N) is 2. The van der Waals surface area contributed by atoms with Gasteiger partial charge in [0.2, 0.25) is 10.0 Å². The lowest BCUT2D eigenvalue weighted by Gasteiger charge is -2.22. The van der Waals surface area contributed by atoms with E-state index in [2.05, 4.69) is 0 Å². The summed E-state index contributed by atoms with van der Waals surface area (Å²) in [6.45, 7) is 0.0877. The number of rotatable bonds is 4. The van der Waals surface area contributed by atoms with Crippen LogP contribution in [0.3, 0.4) is 0 Å².